The maximum Gasteiger partial charge on any atom is 0.417 e. The van der Waals surface area contributed by atoms with Crippen molar-refractivity contribution >= 4 is 11.6 Å². The van der Waals surface area contributed by atoms with E-state index in [1.807, 2.05) is 0 Å². The zero-order chi connectivity index (χ0) is 24.5. The molecule has 2 heterocycles. The minimum Gasteiger partial charge on any atom is -0.484 e. The first-order valence-electron chi connectivity index (χ1n) is 10.8. The second-order valence-corrected chi connectivity index (χ2v) is 8.77. The van der Waals surface area contributed by atoms with Gasteiger partial charge in [0.05, 0.1) is 23.8 Å². The van der Waals surface area contributed by atoms with Crippen molar-refractivity contribution in [3.05, 3.63) is 59.4 Å². The lowest BCUT2D eigenvalue weighted by Gasteiger charge is -2.43. The van der Waals surface area contributed by atoms with Crippen LogP contribution in [0, 0.1) is 28.5 Å². The number of carbonyl (C=O) groups is 1. The SMILES string of the molecule is N#Cc1ccc(N2CC[C@@]3(CO)CN(C(=O)COc4ccc(F)cc4)C[C@H]3C2)cc1C(F)(F)F. The van der Waals surface area contributed by atoms with Crippen molar-refractivity contribution in [3.63, 3.8) is 0 Å². The smallest absolute Gasteiger partial charge is 0.417 e. The molecule has 2 aromatic rings. The van der Waals surface area contributed by atoms with Crippen molar-refractivity contribution in [3.8, 4) is 11.8 Å². The van der Waals surface area contributed by atoms with Crippen molar-refractivity contribution in [1.29, 1.82) is 5.26 Å². The molecule has 4 rings (SSSR count). The number of hydrogen-bond acceptors (Lipinski definition) is 5. The van der Waals surface area contributed by atoms with E-state index in [0.29, 0.717) is 44.0 Å². The van der Waals surface area contributed by atoms with Gasteiger partial charge in [-0.25, -0.2) is 4.39 Å². The molecule has 6 nitrogen and oxygen atoms in total. The van der Waals surface area contributed by atoms with Crippen LogP contribution in [-0.2, 0) is 11.0 Å². The first-order chi connectivity index (χ1) is 16.1. The predicted molar refractivity (Wildman–Crippen MR) is 114 cm³/mol. The van der Waals surface area contributed by atoms with Crippen LogP contribution in [0.3, 0.4) is 0 Å². The molecule has 2 aliphatic heterocycles. The lowest BCUT2D eigenvalue weighted by molar-refractivity contribution is -0.137. The van der Waals surface area contributed by atoms with Crippen LogP contribution in [0.4, 0.5) is 23.2 Å². The minimum atomic E-state index is -4.65. The Hall–Kier alpha value is -3.32. The number of aliphatic hydroxyl groups excluding tert-OH is 1. The molecule has 1 N–H and O–H groups in total. The highest BCUT2D eigenvalue weighted by atomic mass is 19.4. The van der Waals surface area contributed by atoms with E-state index in [4.69, 9.17) is 10.00 Å². The first-order valence-corrected chi connectivity index (χ1v) is 10.8. The van der Waals surface area contributed by atoms with E-state index in [9.17, 15) is 27.5 Å². The summed E-state index contributed by atoms with van der Waals surface area (Å²) in [6, 6.07) is 10.5. The number of rotatable bonds is 5. The number of fused-ring (bicyclic) bond motifs is 1. The summed E-state index contributed by atoms with van der Waals surface area (Å²) in [5.41, 5.74) is -1.60. The van der Waals surface area contributed by atoms with Gasteiger partial charge in [-0.05, 0) is 48.9 Å². The van der Waals surface area contributed by atoms with Gasteiger partial charge in [0, 0.05) is 43.2 Å². The number of hydrogen-bond donors (Lipinski definition) is 1. The number of benzene rings is 2. The lowest BCUT2D eigenvalue weighted by Crippen LogP contribution is -2.49. The highest BCUT2D eigenvalue weighted by molar-refractivity contribution is 5.78. The molecule has 0 bridgehead atoms. The molecule has 2 aromatic carbocycles. The Balaban J connectivity index is 1.46. The molecule has 2 aliphatic rings. The summed E-state index contributed by atoms with van der Waals surface area (Å²) < 4.78 is 58.6. The van der Waals surface area contributed by atoms with Crippen LogP contribution in [0.15, 0.2) is 42.5 Å². The van der Waals surface area contributed by atoms with Crippen LogP contribution in [-0.4, -0.2) is 55.3 Å². The molecule has 1 amide bonds. The van der Waals surface area contributed by atoms with Crippen molar-refractivity contribution in [2.24, 2.45) is 11.3 Å². The van der Waals surface area contributed by atoms with E-state index >= 15 is 0 Å². The van der Waals surface area contributed by atoms with E-state index in [-0.39, 0.29) is 25.0 Å². The molecular formula is C24H23F4N3O3. The average molecular weight is 477 g/mol. The minimum absolute atomic E-state index is 0.144. The zero-order valence-electron chi connectivity index (χ0n) is 18.2. The molecule has 34 heavy (non-hydrogen) atoms. The predicted octanol–water partition coefficient (Wildman–Crippen LogP) is 3.44. The Labute approximate surface area is 193 Å². The number of anilines is 1. The fraction of sp³-hybridized carbons (Fsp3) is 0.417. The summed E-state index contributed by atoms with van der Waals surface area (Å²) in [5, 5.41) is 19.2. The van der Waals surface area contributed by atoms with E-state index in [1.54, 1.807) is 15.9 Å². The number of ether oxygens (including phenoxy) is 1. The number of aliphatic hydroxyl groups is 1. The Morgan fingerprint density at radius 1 is 1.21 bits per heavy atom. The van der Waals surface area contributed by atoms with Crippen molar-refractivity contribution in [2.45, 2.75) is 12.6 Å². The van der Waals surface area contributed by atoms with Crippen molar-refractivity contribution < 1.29 is 32.2 Å². The topological polar surface area (TPSA) is 76.8 Å². The highest BCUT2D eigenvalue weighted by Crippen LogP contribution is 2.44. The summed E-state index contributed by atoms with van der Waals surface area (Å²) in [5.74, 6) is -0.487. The largest absolute Gasteiger partial charge is 0.484 e. The number of nitriles is 1. The maximum absolute atomic E-state index is 13.4. The van der Waals surface area contributed by atoms with Crippen LogP contribution >= 0.6 is 0 Å². The molecule has 2 saturated heterocycles. The highest BCUT2D eigenvalue weighted by Gasteiger charge is 2.50. The number of alkyl halides is 3. The van der Waals surface area contributed by atoms with Gasteiger partial charge in [0.2, 0.25) is 0 Å². The fourth-order valence-corrected chi connectivity index (χ4v) is 4.79. The van der Waals surface area contributed by atoms with E-state index in [1.165, 1.54) is 36.4 Å². The van der Waals surface area contributed by atoms with Crippen LogP contribution in [0.2, 0.25) is 0 Å². The number of amides is 1. The Kier molecular flexibility index (Phi) is 6.41. The van der Waals surface area contributed by atoms with E-state index < -0.39 is 28.5 Å². The van der Waals surface area contributed by atoms with Gasteiger partial charge >= 0.3 is 6.18 Å². The summed E-state index contributed by atoms with van der Waals surface area (Å²) in [4.78, 5) is 16.1. The lowest BCUT2D eigenvalue weighted by atomic mass is 9.73. The number of halogens is 4. The third kappa shape index (κ3) is 4.66. The van der Waals surface area contributed by atoms with Crippen LogP contribution in [0.5, 0.6) is 5.75 Å². The van der Waals surface area contributed by atoms with Crippen molar-refractivity contribution in [1.82, 2.24) is 4.90 Å². The van der Waals surface area contributed by atoms with Gasteiger partial charge in [-0.15, -0.1) is 0 Å². The molecule has 0 saturated carbocycles. The second kappa shape index (κ2) is 9.14. The van der Waals surface area contributed by atoms with Gasteiger partial charge in [0.15, 0.2) is 6.61 Å². The van der Waals surface area contributed by atoms with Gasteiger partial charge in [-0.3, -0.25) is 4.79 Å². The number of nitrogens with zero attached hydrogens (tertiary/aromatic N) is 3. The van der Waals surface area contributed by atoms with Gasteiger partial charge in [0.1, 0.15) is 11.6 Å². The Morgan fingerprint density at radius 3 is 2.59 bits per heavy atom. The molecule has 0 radical (unpaired) electrons. The van der Waals surface area contributed by atoms with Crippen molar-refractivity contribution in [2.75, 3.05) is 44.3 Å². The number of piperidine rings is 1. The van der Waals surface area contributed by atoms with Crippen LogP contribution < -0.4 is 9.64 Å². The Morgan fingerprint density at radius 2 is 1.94 bits per heavy atom. The Bertz CT molecular complexity index is 1100. The maximum atomic E-state index is 13.4. The molecular weight excluding hydrogens is 454 g/mol. The third-order valence-electron chi connectivity index (χ3n) is 6.77. The van der Waals surface area contributed by atoms with E-state index in [2.05, 4.69) is 0 Å². The molecule has 2 atom stereocenters. The monoisotopic (exact) mass is 477 g/mol. The second-order valence-electron chi connectivity index (χ2n) is 8.77. The van der Waals surface area contributed by atoms with E-state index in [0.717, 1.165) is 6.07 Å². The normalized spacial score (nSPS) is 22.3. The summed E-state index contributed by atoms with van der Waals surface area (Å²) in [7, 11) is 0. The van der Waals surface area contributed by atoms with Crippen LogP contribution in [0.25, 0.3) is 0 Å². The summed E-state index contributed by atoms with van der Waals surface area (Å²) in [6.07, 6.45) is -4.15. The fourth-order valence-electron chi connectivity index (χ4n) is 4.79. The molecule has 0 spiro atoms. The molecule has 0 aliphatic carbocycles. The van der Waals surface area contributed by atoms with Gasteiger partial charge in [0.25, 0.3) is 5.91 Å². The number of likely N-dealkylation sites (tertiary alicyclic amines) is 1. The van der Waals surface area contributed by atoms with Gasteiger partial charge in [-0.2, -0.15) is 18.4 Å². The average Bonchev–Trinajstić information content (AvgIpc) is 3.22. The molecule has 2 fully saturated rings. The quantitative estimate of drug-likeness (QED) is 0.668. The first kappa shape index (κ1) is 23.8. The van der Waals surface area contributed by atoms with Gasteiger partial charge in [-0.1, -0.05) is 0 Å². The number of carbonyl (C=O) groups excluding carboxylic acids is 1. The molecule has 180 valence electrons. The third-order valence-corrected chi connectivity index (χ3v) is 6.77. The molecule has 0 unspecified atom stereocenters. The molecule has 0 aromatic heterocycles. The summed E-state index contributed by atoms with van der Waals surface area (Å²) in [6.45, 7) is 1.06. The summed E-state index contributed by atoms with van der Waals surface area (Å²) >= 11 is 0. The molecule has 10 heteroatoms. The zero-order valence-corrected chi connectivity index (χ0v) is 18.2. The van der Waals surface area contributed by atoms with Gasteiger partial charge < -0.3 is 19.6 Å². The van der Waals surface area contributed by atoms with Crippen LogP contribution in [0.1, 0.15) is 17.5 Å². The standard InChI is InChI=1S/C24H23F4N3O3/c25-18-2-5-20(6-3-18)34-13-22(33)31-12-17-11-30(8-7-23(17,14-31)15-32)19-4-1-16(10-29)21(9-19)24(26,27)28/h1-6,9,17,32H,7-8,11-15H2/t17-,23+/m1/s1.